The zero-order valence-corrected chi connectivity index (χ0v) is 5.35. The maximum Gasteiger partial charge on any atom is 0.251 e. The second-order valence-electron chi connectivity index (χ2n) is 1.68. The van der Waals surface area contributed by atoms with E-state index in [1.165, 1.54) is 0 Å². The van der Waals surface area contributed by atoms with Gasteiger partial charge in [0.1, 0.15) is 0 Å². The molecule has 1 heterocycles. The molecule has 48 valence electrons. The molecule has 1 aliphatic heterocycles. The lowest BCUT2D eigenvalue weighted by Gasteiger charge is -1.99. The van der Waals surface area contributed by atoms with Gasteiger partial charge in [0.2, 0.25) is 0 Å². The first-order valence-electron chi connectivity index (χ1n) is 2.45. The lowest BCUT2D eigenvalue weighted by Crippen LogP contribution is -2.21. The minimum atomic E-state index is -0.296. The molecule has 1 saturated heterocycles. The van der Waals surface area contributed by atoms with Crippen LogP contribution in [-0.4, -0.2) is 16.8 Å². The minimum absolute atomic E-state index is 0.249. The lowest BCUT2D eigenvalue weighted by molar-refractivity contribution is -0.138. The summed E-state index contributed by atoms with van der Waals surface area (Å²) in [6.45, 7) is 0. The zero-order valence-electron chi connectivity index (χ0n) is 4.53. The topological polar surface area (TPSA) is 49.7 Å². The SMILES string of the molecule is O=C1CCC(=O)N1N=S. The molecule has 1 rings (SSSR count). The molecule has 0 saturated carbocycles. The lowest BCUT2D eigenvalue weighted by atomic mass is 10.4. The Kier molecular flexibility index (Phi) is 1.52. The summed E-state index contributed by atoms with van der Waals surface area (Å²) in [7, 11) is 0. The molecule has 0 spiro atoms. The first-order chi connectivity index (χ1) is 4.25. The first-order valence-corrected chi connectivity index (χ1v) is 2.81. The van der Waals surface area contributed by atoms with Crippen LogP contribution in [0.5, 0.6) is 0 Å². The Labute approximate surface area is 57.0 Å². The van der Waals surface area contributed by atoms with Crippen molar-refractivity contribution in [1.29, 1.82) is 0 Å². The van der Waals surface area contributed by atoms with Crippen molar-refractivity contribution >= 4 is 24.2 Å². The van der Waals surface area contributed by atoms with Gasteiger partial charge in [0.05, 0.1) is 12.4 Å². The molecule has 0 aliphatic carbocycles. The van der Waals surface area contributed by atoms with Crippen LogP contribution >= 0.6 is 0 Å². The van der Waals surface area contributed by atoms with Crippen LogP contribution in [0.3, 0.4) is 0 Å². The van der Waals surface area contributed by atoms with Gasteiger partial charge >= 0.3 is 0 Å². The molecule has 1 aliphatic rings. The Balaban J connectivity index is 2.77. The smallest absolute Gasteiger partial charge is 0.251 e. The Morgan fingerprint density at radius 2 is 1.78 bits per heavy atom. The van der Waals surface area contributed by atoms with Gasteiger partial charge in [-0.15, -0.1) is 0 Å². The van der Waals surface area contributed by atoms with Crippen LogP contribution in [0.1, 0.15) is 12.8 Å². The van der Waals surface area contributed by atoms with E-state index in [-0.39, 0.29) is 24.7 Å². The van der Waals surface area contributed by atoms with Crippen LogP contribution in [-0.2, 0) is 22.0 Å². The summed E-state index contributed by atoms with van der Waals surface area (Å²) >= 11 is 4.18. The van der Waals surface area contributed by atoms with Gasteiger partial charge in [0, 0.05) is 12.8 Å². The summed E-state index contributed by atoms with van der Waals surface area (Å²) in [4.78, 5) is 21.1. The van der Waals surface area contributed by atoms with Gasteiger partial charge in [-0.25, -0.2) is 0 Å². The number of nitrogens with zero attached hydrogens (tertiary/aromatic N) is 2. The average Bonchev–Trinajstić information content (AvgIpc) is 2.12. The molecule has 0 radical (unpaired) electrons. The number of imide groups is 1. The molecule has 0 unspecified atom stereocenters. The molecule has 5 heteroatoms. The van der Waals surface area contributed by atoms with Crippen LogP contribution in [0.15, 0.2) is 4.47 Å². The van der Waals surface area contributed by atoms with Gasteiger partial charge in [-0.1, -0.05) is 4.47 Å². The number of rotatable bonds is 1. The Morgan fingerprint density at radius 1 is 1.33 bits per heavy atom. The third kappa shape index (κ3) is 0.951. The zero-order chi connectivity index (χ0) is 6.85. The molecule has 0 atom stereocenters. The van der Waals surface area contributed by atoms with Gasteiger partial charge in [-0.05, 0) is 0 Å². The Bertz CT molecular complexity index is 163. The van der Waals surface area contributed by atoms with Crippen LogP contribution in [0.2, 0.25) is 0 Å². The fourth-order valence-electron chi connectivity index (χ4n) is 0.656. The first kappa shape index (κ1) is 6.28. The van der Waals surface area contributed by atoms with Gasteiger partial charge in [0.15, 0.2) is 0 Å². The average molecular weight is 144 g/mol. The van der Waals surface area contributed by atoms with E-state index in [1.807, 2.05) is 0 Å². The predicted octanol–water partition coefficient (Wildman–Crippen LogP) is -0.219. The Hall–Kier alpha value is -0.840. The van der Waals surface area contributed by atoms with Crippen molar-refractivity contribution in [3.63, 3.8) is 0 Å². The largest absolute Gasteiger partial charge is 0.272 e. The quantitative estimate of drug-likeness (QED) is 0.478. The van der Waals surface area contributed by atoms with E-state index in [4.69, 9.17) is 0 Å². The second kappa shape index (κ2) is 2.18. The summed E-state index contributed by atoms with van der Waals surface area (Å²) in [5.41, 5.74) is 0. The van der Waals surface area contributed by atoms with Crippen LogP contribution in [0, 0.1) is 0 Å². The van der Waals surface area contributed by atoms with Crippen molar-refractivity contribution in [2.24, 2.45) is 4.47 Å². The van der Waals surface area contributed by atoms with E-state index >= 15 is 0 Å². The minimum Gasteiger partial charge on any atom is -0.272 e. The van der Waals surface area contributed by atoms with Crippen molar-refractivity contribution < 1.29 is 9.59 Å². The van der Waals surface area contributed by atoms with Crippen molar-refractivity contribution in [1.82, 2.24) is 5.01 Å². The number of hydrogen-bond acceptors (Lipinski definition) is 4. The fourth-order valence-corrected chi connectivity index (χ4v) is 0.838. The van der Waals surface area contributed by atoms with Gasteiger partial charge in [-0.2, -0.15) is 5.01 Å². The molecule has 4 nitrogen and oxygen atoms in total. The highest BCUT2D eigenvalue weighted by molar-refractivity contribution is 7.47. The highest BCUT2D eigenvalue weighted by atomic mass is 32.1. The molecular weight excluding hydrogens is 140 g/mol. The van der Waals surface area contributed by atoms with E-state index < -0.39 is 0 Å². The maximum atomic E-state index is 10.6. The number of amides is 2. The van der Waals surface area contributed by atoms with E-state index in [1.54, 1.807) is 0 Å². The van der Waals surface area contributed by atoms with Crippen molar-refractivity contribution in [3.8, 4) is 0 Å². The van der Waals surface area contributed by atoms with Gasteiger partial charge in [0.25, 0.3) is 11.8 Å². The molecule has 0 aromatic rings. The fraction of sp³-hybridized carbons (Fsp3) is 0.500. The molecule has 0 aromatic heterocycles. The van der Waals surface area contributed by atoms with Crippen LogP contribution in [0.25, 0.3) is 0 Å². The third-order valence-corrected chi connectivity index (χ3v) is 1.27. The Morgan fingerprint density at radius 3 is 2.00 bits per heavy atom. The molecule has 0 N–H and O–H groups in total. The summed E-state index contributed by atoms with van der Waals surface area (Å²) < 4.78 is 3.07. The summed E-state index contributed by atoms with van der Waals surface area (Å²) in [5, 5.41) is 0.731. The molecule has 9 heavy (non-hydrogen) atoms. The van der Waals surface area contributed by atoms with Crippen LogP contribution < -0.4 is 0 Å². The molecule has 1 fully saturated rings. The highest BCUT2D eigenvalue weighted by Gasteiger charge is 2.28. The second-order valence-corrected chi connectivity index (χ2v) is 1.84. The number of hydrogen-bond donors (Lipinski definition) is 0. The van der Waals surface area contributed by atoms with Crippen LogP contribution in [0.4, 0.5) is 0 Å². The van der Waals surface area contributed by atoms with E-state index in [9.17, 15) is 9.59 Å². The normalized spacial score (nSPS) is 18.9. The highest BCUT2D eigenvalue weighted by Crippen LogP contribution is 2.10. The van der Waals surface area contributed by atoms with Gasteiger partial charge in [-0.3, -0.25) is 9.59 Å². The van der Waals surface area contributed by atoms with Crippen molar-refractivity contribution in [2.75, 3.05) is 0 Å². The monoisotopic (exact) mass is 144 g/mol. The van der Waals surface area contributed by atoms with E-state index in [0.29, 0.717) is 0 Å². The van der Waals surface area contributed by atoms with Gasteiger partial charge < -0.3 is 0 Å². The standard InChI is InChI=1S/C4H4N2O2S/c7-3-1-2-4(8)6(3)5-9/h1-2H2. The predicted molar refractivity (Wildman–Crippen MR) is 30.9 cm³/mol. The van der Waals surface area contributed by atoms with E-state index in [2.05, 4.69) is 16.9 Å². The molecule has 2 amide bonds. The molecule has 0 bridgehead atoms. The maximum absolute atomic E-state index is 10.6. The summed E-state index contributed by atoms with van der Waals surface area (Å²) in [5.74, 6) is -0.593. The van der Waals surface area contributed by atoms with Crippen molar-refractivity contribution in [2.45, 2.75) is 12.8 Å². The third-order valence-electron chi connectivity index (χ3n) is 1.11. The number of carbonyl (C=O) groups excluding carboxylic acids is 2. The number of carbonyl (C=O) groups is 2. The molecule has 0 aromatic carbocycles. The van der Waals surface area contributed by atoms with E-state index in [0.717, 1.165) is 5.01 Å². The van der Waals surface area contributed by atoms with Crippen molar-refractivity contribution in [3.05, 3.63) is 0 Å². The summed E-state index contributed by atoms with van der Waals surface area (Å²) in [6.07, 6.45) is 0.498. The summed E-state index contributed by atoms with van der Waals surface area (Å²) in [6, 6.07) is 0. The molecular formula is C4H4N2O2S.